The van der Waals surface area contributed by atoms with Crippen molar-refractivity contribution in [2.24, 2.45) is 5.92 Å². The Hall–Kier alpha value is -1.93. The lowest BCUT2D eigenvalue weighted by Gasteiger charge is -2.30. The van der Waals surface area contributed by atoms with Gasteiger partial charge in [-0.15, -0.1) is 0 Å². The van der Waals surface area contributed by atoms with E-state index < -0.39 is 22.1 Å². The number of hydrogen-bond acceptors (Lipinski definition) is 5. The van der Waals surface area contributed by atoms with E-state index in [9.17, 15) is 18.0 Å². The van der Waals surface area contributed by atoms with E-state index in [4.69, 9.17) is 4.74 Å². The zero-order chi connectivity index (χ0) is 20.2. The van der Waals surface area contributed by atoms with Crippen LogP contribution < -0.4 is 5.32 Å². The fourth-order valence-electron chi connectivity index (χ4n) is 3.11. The highest BCUT2D eigenvalue weighted by Gasteiger charge is 2.27. The highest BCUT2D eigenvalue weighted by molar-refractivity contribution is 7.89. The van der Waals surface area contributed by atoms with Gasteiger partial charge >= 0.3 is 5.97 Å². The van der Waals surface area contributed by atoms with Gasteiger partial charge in [0.15, 0.2) is 6.10 Å². The topological polar surface area (TPSA) is 92.8 Å². The smallest absolute Gasteiger partial charge is 0.338 e. The third kappa shape index (κ3) is 5.29. The van der Waals surface area contributed by atoms with Gasteiger partial charge in [-0.1, -0.05) is 25.8 Å². The summed E-state index contributed by atoms with van der Waals surface area (Å²) in [6, 6.07) is 5.70. The van der Waals surface area contributed by atoms with Crippen LogP contribution in [0.1, 0.15) is 49.9 Å². The number of carbonyl (C=O) groups is 2. The summed E-state index contributed by atoms with van der Waals surface area (Å²) in [5.41, 5.74) is 0.0867. The first-order valence-corrected chi connectivity index (χ1v) is 10.6. The summed E-state index contributed by atoms with van der Waals surface area (Å²) in [5, 5.41) is 2.96. The van der Waals surface area contributed by atoms with Gasteiger partial charge in [-0.05, 0) is 43.9 Å². The van der Waals surface area contributed by atoms with Crippen LogP contribution in [0.3, 0.4) is 0 Å². The van der Waals surface area contributed by atoms with Crippen LogP contribution in [0.5, 0.6) is 0 Å². The number of nitrogens with one attached hydrogen (secondary N) is 1. The van der Waals surface area contributed by atoms with E-state index in [2.05, 4.69) is 12.2 Å². The number of carbonyl (C=O) groups excluding carboxylic acids is 2. The molecule has 27 heavy (non-hydrogen) atoms. The molecule has 1 aliphatic rings. The van der Waals surface area contributed by atoms with Crippen molar-refractivity contribution in [1.29, 1.82) is 0 Å². The summed E-state index contributed by atoms with van der Waals surface area (Å²) in [6.45, 7) is 3.62. The van der Waals surface area contributed by atoms with Crippen molar-refractivity contribution in [2.75, 3.05) is 14.1 Å². The van der Waals surface area contributed by atoms with Gasteiger partial charge in [-0.2, -0.15) is 0 Å². The Balaban J connectivity index is 2.03. The van der Waals surface area contributed by atoms with Crippen LogP contribution in [0.15, 0.2) is 29.2 Å². The maximum absolute atomic E-state index is 12.4. The van der Waals surface area contributed by atoms with Gasteiger partial charge < -0.3 is 10.1 Å². The van der Waals surface area contributed by atoms with Crippen molar-refractivity contribution in [3.05, 3.63) is 29.8 Å². The number of benzene rings is 1. The van der Waals surface area contributed by atoms with Crippen molar-refractivity contribution in [2.45, 2.75) is 56.6 Å². The minimum atomic E-state index is -3.66. The summed E-state index contributed by atoms with van der Waals surface area (Å²) in [4.78, 5) is 24.7. The Morgan fingerprint density at radius 3 is 2.52 bits per heavy atom. The van der Waals surface area contributed by atoms with Crippen LogP contribution in [-0.4, -0.2) is 50.8 Å². The van der Waals surface area contributed by atoms with Crippen LogP contribution in [0, 0.1) is 5.92 Å². The van der Waals surface area contributed by atoms with E-state index in [1.165, 1.54) is 51.7 Å². The molecule has 0 saturated heterocycles. The molecule has 3 atom stereocenters. The predicted molar refractivity (Wildman–Crippen MR) is 102 cm³/mol. The highest BCUT2D eigenvalue weighted by Crippen LogP contribution is 2.24. The van der Waals surface area contributed by atoms with E-state index in [-0.39, 0.29) is 22.4 Å². The van der Waals surface area contributed by atoms with Gasteiger partial charge in [-0.25, -0.2) is 17.5 Å². The number of ether oxygens (including phenoxy) is 1. The Bertz CT molecular complexity index is 791. The number of esters is 1. The van der Waals surface area contributed by atoms with Crippen molar-refractivity contribution >= 4 is 21.9 Å². The molecule has 1 amide bonds. The molecule has 0 aliphatic heterocycles. The molecule has 8 heteroatoms. The average molecular weight is 397 g/mol. The molecule has 7 nitrogen and oxygen atoms in total. The summed E-state index contributed by atoms with van der Waals surface area (Å²) < 4.78 is 30.7. The van der Waals surface area contributed by atoms with Crippen molar-refractivity contribution < 1.29 is 22.7 Å². The molecule has 0 spiro atoms. The second-order valence-corrected chi connectivity index (χ2v) is 9.39. The number of rotatable bonds is 6. The Kier molecular flexibility index (Phi) is 7.00. The molecular weight excluding hydrogens is 368 g/mol. The molecule has 2 rings (SSSR count). The molecular formula is C19H28N2O5S. The fourth-order valence-corrected chi connectivity index (χ4v) is 4.06. The molecule has 1 N–H and O–H groups in total. The molecule has 1 aliphatic carbocycles. The number of sulfonamides is 1. The first-order valence-electron chi connectivity index (χ1n) is 9.17. The lowest BCUT2D eigenvalue weighted by atomic mass is 9.86. The SMILES string of the molecule is C[C@@H](OC(=O)c1cccc(S(=O)(=O)N(C)C)c1)C(=O)N[C@@H]1CCCC[C@@H]1C. The molecule has 1 aromatic carbocycles. The van der Waals surface area contributed by atoms with Crippen LogP contribution in [-0.2, 0) is 19.6 Å². The number of hydrogen-bond donors (Lipinski definition) is 1. The maximum Gasteiger partial charge on any atom is 0.338 e. The van der Waals surface area contributed by atoms with Crippen LogP contribution >= 0.6 is 0 Å². The summed E-state index contributed by atoms with van der Waals surface area (Å²) in [6.07, 6.45) is 3.30. The second-order valence-electron chi connectivity index (χ2n) is 7.24. The quantitative estimate of drug-likeness (QED) is 0.744. The third-order valence-electron chi connectivity index (χ3n) is 4.94. The summed E-state index contributed by atoms with van der Waals surface area (Å²) in [5.74, 6) is -0.664. The fraction of sp³-hybridized carbons (Fsp3) is 0.579. The molecule has 0 aromatic heterocycles. The minimum absolute atomic E-state index is 0.00455. The van der Waals surface area contributed by atoms with Crippen LogP contribution in [0.4, 0.5) is 0 Å². The molecule has 0 unspecified atom stereocenters. The maximum atomic E-state index is 12.4. The molecule has 1 saturated carbocycles. The molecule has 150 valence electrons. The summed E-state index contributed by atoms with van der Waals surface area (Å²) in [7, 11) is -0.825. The average Bonchev–Trinajstić information content (AvgIpc) is 2.63. The zero-order valence-corrected chi connectivity index (χ0v) is 17.1. The molecule has 0 radical (unpaired) electrons. The van der Waals surface area contributed by atoms with E-state index in [0.29, 0.717) is 5.92 Å². The Morgan fingerprint density at radius 2 is 1.89 bits per heavy atom. The molecule has 1 aromatic rings. The minimum Gasteiger partial charge on any atom is -0.449 e. The number of nitrogens with zero attached hydrogens (tertiary/aromatic N) is 1. The number of amides is 1. The predicted octanol–water partition coefficient (Wildman–Crippen LogP) is 2.18. The highest BCUT2D eigenvalue weighted by atomic mass is 32.2. The lowest BCUT2D eigenvalue weighted by Crippen LogP contribution is -2.46. The zero-order valence-electron chi connectivity index (χ0n) is 16.3. The monoisotopic (exact) mass is 396 g/mol. The van der Waals surface area contributed by atoms with E-state index in [1.807, 2.05) is 0 Å². The van der Waals surface area contributed by atoms with E-state index >= 15 is 0 Å². The second kappa shape index (κ2) is 8.84. The van der Waals surface area contributed by atoms with Gasteiger partial charge in [0, 0.05) is 20.1 Å². The van der Waals surface area contributed by atoms with Gasteiger partial charge in [-0.3, -0.25) is 4.79 Å². The summed E-state index contributed by atoms with van der Waals surface area (Å²) >= 11 is 0. The lowest BCUT2D eigenvalue weighted by molar-refractivity contribution is -0.130. The van der Waals surface area contributed by atoms with E-state index in [1.54, 1.807) is 0 Å². The Labute approximate surface area is 161 Å². The normalized spacial score (nSPS) is 21.5. The van der Waals surface area contributed by atoms with Gasteiger partial charge in [0.2, 0.25) is 10.0 Å². The molecule has 1 fully saturated rings. The first kappa shape index (κ1) is 21.4. The molecule has 0 bridgehead atoms. The largest absolute Gasteiger partial charge is 0.449 e. The molecule has 0 heterocycles. The Morgan fingerprint density at radius 1 is 1.22 bits per heavy atom. The van der Waals surface area contributed by atoms with Crippen molar-refractivity contribution in [1.82, 2.24) is 9.62 Å². The van der Waals surface area contributed by atoms with Crippen molar-refractivity contribution in [3.63, 3.8) is 0 Å². The third-order valence-corrected chi connectivity index (χ3v) is 6.75. The van der Waals surface area contributed by atoms with Crippen molar-refractivity contribution in [3.8, 4) is 0 Å². The first-order chi connectivity index (χ1) is 12.6. The van der Waals surface area contributed by atoms with E-state index in [0.717, 1.165) is 23.6 Å². The van der Waals surface area contributed by atoms with Crippen LogP contribution in [0.25, 0.3) is 0 Å². The van der Waals surface area contributed by atoms with Gasteiger partial charge in [0.25, 0.3) is 5.91 Å². The standard InChI is InChI=1S/C19H28N2O5S/c1-13-8-5-6-11-17(13)20-18(22)14(2)26-19(23)15-9-7-10-16(12-15)27(24,25)21(3)4/h7,9-10,12-14,17H,5-6,8,11H2,1-4H3,(H,20,22)/t13-,14+,17+/m0/s1. The van der Waals surface area contributed by atoms with Crippen LogP contribution in [0.2, 0.25) is 0 Å². The van der Waals surface area contributed by atoms with Gasteiger partial charge in [0.1, 0.15) is 0 Å². The van der Waals surface area contributed by atoms with Gasteiger partial charge in [0.05, 0.1) is 10.5 Å².